The molecule has 0 saturated carbocycles. The van der Waals surface area contributed by atoms with Crippen LogP contribution in [0.25, 0.3) is 27.9 Å². The highest BCUT2D eigenvalue weighted by Gasteiger charge is 2.39. The van der Waals surface area contributed by atoms with Crippen molar-refractivity contribution in [2.45, 2.75) is 52.1 Å². The molecule has 1 aromatic carbocycles. The monoisotopic (exact) mass is 613 g/mol. The van der Waals surface area contributed by atoms with E-state index in [0.29, 0.717) is 34.9 Å². The Labute approximate surface area is 260 Å². The maximum atomic E-state index is 15.6. The van der Waals surface area contributed by atoms with E-state index < -0.39 is 29.9 Å². The first-order chi connectivity index (χ1) is 21.5. The lowest BCUT2D eigenvalue weighted by atomic mass is 10.1. The van der Waals surface area contributed by atoms with Gasteiger partial charge in [-0.2, -0.15) is 9.61 Å². The van der Waals surface area contributed by atoms with Gasteiger partial charge < -0.3 is 23.8 Å². The predicted octanol–water partition coefficient (Wildman–Crippen LogP) is 5.69. The average Bonchev–Trinajstić information content (AvgIpc) is 3.71. The molecule has 4 aromatic heterocycles. The molecule has 1 fully saturated rings. The van der Waals surface area contributed by atoms with Crippen LogP contribution in [0.1, 0.15) is 49.7 Å². The normalized spacial score (nSPS) is 16.8. The van der Waals surface area contributed by atoms with Crippen molar-refractivity contribution >= 4 is 34.6 Å². The largest absolute Gasteiger partial charge is 0.462 e. The van der Waals surface area contributed by atoms with Gasteiger partial charge in [-0.1, -0.05) is 30.3 Å². The lowest BCUT2D eigenvalue weighted by molar-refractivity contribution is 0.0281. The Balaban J connectivity index is 1.46. The van der Waals surface area contributed by atoms with Crippen molar-refractivity contribution in [3.8, 4) is 11.3 Å². The molecule has 6 rings (SSSR count). The minimum Gasteiger partial charge on any atom is -0.462 e. The number of hydrogen-bond donors (Lipinski definition) is 0. The number of benzene rings is 1. The molecular formula is C33H36FN7O4. The third kappa shape index (κ3) is 5.92. The number of carbonyl (C=O) groups is 2. The average molecular weight is 614 g/mol. The van der Waals surface area contributed by atoms with E-state index in [4.69, 9.17) is 14.5 Å². The SMILES string of the molecule is CCOC(=O)c1cnn2c(N(C)Cc3ccccc3)cc(-c3cn([C@H]4CN(C(=O)OC(C)(C)C)C[C@@H]4F)c4ncccc34)nc12. The predicted molar refractivity (Wildman–Crippen MR) is 168 cm³/mol. The van der Waals surface area contributed by atoms with Crippen molar-refractivity contribution in [1.29, 1.82) is 0 Å². The van der Waals surface area contributed by atoms with Gasteiger partial charge in [0.15, 0.2) is 5.65 Å². The standard InChI is InChI=1S/C33H36FN7O4/c1-6-44-31(42)23-16-36-41-28(38(5)17-21-11-8-7-9-12-21)15-26(37-30(23)41)24-18-40(29-22(24)13-10-14-35-29)27-20-39(19-25(27)34)32(43)45-33(2,3)4/h7-16,18,25,27H,6,17,19-20H2,1-5H3/t25-,27-/m0/s1. The van der Waals surface area contributed by atoms with Gasteiger partial charge in [-0.25, -0.2) is 23.9 Å². The summed E-state index contributed by atoms with van der Waals surface area (Å²) in [5, 5.41) is 5.26. The number of pyridine rings is 1. The first-order valence-electron chi connectivity index (χ1n) is 14.9. The van der Waals surface area contributed by atoms with Crippen molar-refractivity contribution in [1.82, 2.24) is 29.0 Å². The number of carbonyl (C=O) groups excluding carboxylic acids is 2. The number of rotatable bonds is 7. The van der Waals surface area contributed by atoms with Gasteiger partial charge in [0.1, 0.15) is 28.8 Å². The second kappa shape index (κ2) is 11.8. The van der Waals surface area contributed by atoms with Crippen LogP contribution in [0.3, 0.4) is 0 Å². The topological polar surface area (TPSA) is 107 Å². The van der Waals surface area contributed by atoms with Crippen LogP contribution in [-0.4, -0.2) is 79.6 Å². The maximum absolute atomic E-state index is 15.6. The summed E-state index contributed by atoms with van der Waals surface area (Å²) < 4.78 is 29.9. The van der Waals surface area contributed by atoms with Gasteiger partial charge in [-0.3, -0.25) is 0 Å². The third-order valence-electron chi connectivity index (χ3n) is 7.70. The zero-order valence-corrected chi connectivity index (χ0v) is 26.0. The molecular weight excluding hydrogens is 577 g/mol. The minimum atomic E-state index is -1.34. The van der Waals surface area contributed by atoms with Crippen molar-refractivity contribution in [2.24, 2.45) is 0 Å². The Morgan fingerprint density at radius 2 is 1.87 bits per heavy atom. The van der Waals surface area contributed by atoms with Crippen LogP contribution in [0, 0.1) is 0 Å². The number of likely N-dealkylation sites (tertiary alicyclic amines) is 1. The molecule has 0 aliphatic carbocycles. The maximum Gasteiger partial charge on any atom is 0.410 e. The highest BCUT2D eigenvalue weighted by Crippen LogP contribution is 2.36. The molecule has 5 aromatic rings. The Morgan fingerprint density at radius 3 is 2.60 bits per heavy atom. The lowest BCUT2D eigenvalue weighted by Crippen LogP contribution is -2.35. The van der Waals surface area contributed by atoms with E-state index in [1.807, 2.05) is 66.7 Å². The van der Waals surface area contributed by atoms with E-state index in [2.05, 4.69) is 10.1 Å². The molecule has 5 heterocycles. The number of nitrogens with zero attached hydrogens (tertiary/aromatic N) is 7. The Bertz CT molecular complexity index is 1860. The fourth-order valence-electron chi connectivity index (χ4n) is 5.67. The summed E-state index contributed by atoms with van der Waals surface area (Å²) in [5.74, 6) is 0.172. The van der Waals surface area contributed by atoms with Crippen molar-refractivity contribution in [2.75, 3.05) is 31.6 Å². The first kappa shape index (κ1) is 30.0. The summed E-state index contributed by atoms with van der Waals surface area (Å²) in [5.41, 5.74) is 2.79. The van der Waals surface area contributed by atoms with Crippen LogP contribution >= 0.6 is 0 Å². The molecule has 45 heavy (non-hydrogen) atoms. The molecule has 1 aliphatic rings. The number of aromatic nitrogens is 5. The number of anilines is 1. The molecule has 2 atom stereocenters. The fraction of sp³-hybridized carbons (Fsp3) is 0.364. The van der Waals surface area contributed by atoms with E-state index in [0.717, 1.165) is 10.9 Å². The molecule has 1 saturated heterocycles. The summed E-state index contributed by atoms with van der Waals surface area (Å²) in [6.45, 7) is 7.92. The zero-order chi connectivity index (χ0) is 31.9. The summed E-state index contributed by atoms with van der Waals surface area (Å²) in [7, 11) is 1.94. The molecule has 0 bridgehead atoms. The molecule has 12 heteroatoms. The van der Waals surface area contributed by atoms with Gasteiger partial charge in [0.2, 0.25) is 0 Å². The molecule has 1 aliphatic heterocycles. The molecule has 0 radical (unpaired) electrons. The van der Waals surface area contributed by atoms with Gasteiger partial charge in [-0.15, -0.1) is 0 Å². The van der Waals surface area contributed by atoms with E-state index in [-0.39, 0.29) is 25.3 Å². The number of fused-ring (bicyclic) bond motifs is 2. The lowest BCUT2D eigenvalue weighted by Gasteiger charge is -2.24. The van der Waals surface area contributed by atoms with Crippen molar-refractivity contribution < 1.29 is 23.5 Å². The van der Waals surface area contributed by atoms with E-state index in [1.165, 1.54) is 11.1 Å². The summed E-state index contributed by atoms with van der Waals surface area (Å²) >= 11 is 0. The first-order valence-corrected chi connectivity index (χ1v) is 14.9. The number of halogens is 1. The van der Waals surface area contributed by atoms with Crippen LogP contribution in [0.2, 0.25) is 0 Å². The number of alkyl halides is 1. The van der Waals surface area contributed by atoms with Crippen LogP contribution in [0.15, 0.2) is 67.1 Å². The number of hydrogen-bond acceptors (Lipinski definition) is 8. The zero-order valence-electron chi connectivity index (χ0n) is 26.0. The third-order valence-corrected chi connectivity index (χ3v) is 7.70. The van der Waals surface area contributed by atoms with Crippen LogP contribution in [-0.2, 0) is 16.0 Å². The molecule has 0 spiro atoms. The number of esters is 1. The highest BCUT2D eigenvalue weighted by atomic mass is 19.1. The summed E-state index contributed by atoms with van der Waals surface area (Å²) in [6, 6.07) is 14.9. The Morgan fingerprint density at radius 1 is 1.09 bits per heavy atom. The van der Waals surface area contributed by atoms with Gasteiger partial charge in [0, 0.05) is 49.5 Å². The molecule has 11 nitrogen and oxygen atoms in total. The molecule has 0 N–H and O–H groups in total. The van der Waals surface area contributed by atoms with Gasteiger partial charge in [0.25, 0.3) is 0 Å². The minimum absolute atomic E-state index is 0.0845. The van der Waals surface area contributed by atoms with E-state index >= 15 is 4.39 Å². The summed E-state index contributed by atoms with van der Waals surface area (Å²) in [6.07, 6.45) is 3.06. The molecule has 234 valence electrons. The Hall–Kier alpha value is -5.00. The molecule has 0 unspecified atom stereocenters. The van der Waals surface area contributed by atoms with Crippen molar-refractivity contribution in [3.05, 3.63) is 78.2 Å². The number of ether oxygens (including phenoxy) is 2. The van der Waals surface area contributed by atoms with Crippen molar-refractivity contribution in [3.63, 3.8) is 0 Å². The van der Waals surface area contributed by atoms with E-state index in [9.17, 15) is 9.59 Å². The van der Waals surface area contributed by atoms with Crippen LogP contribution in [0.5, 0.6) is 0 Å². The van der Waals surface area contributed by atoms with Gasteiger partial charge >= 0.3 is 12.1 Å². The second-order valence-electron chi connectivity index (χ2n) is 12.1. The quantitative estimate of drug-likeness (QED) is 0.216. The smallest absolute Gasteiger partial charge is 0.410 e. The molecule has 1 amide bonds. The van der Waals surface area contributed by atoms with E-state index in [1.54, 1.807) is 43.0 Å². The fourth-order valence-corrected chi connectivity index (χ4v) is 5.67. The highest BCUT2D eigenvalue weighted by molar-refractivity contribution is 5.98. The number of amides is 1. The van der Waals surface area contributed by atoms with Crippen LogP contribution in [0.4, 0.5) is 15.0 Å². The van der Waals surface area contributed by atoms with Crippen LogP contribution < -0.4 is 4.90 Å². The summed E-state index contributed by atoms with van der Waals surface area (Å²) in [4.78, 5) is 38.6. The Kier molecular flexibility index (Phi) is 7.90. The second-order valence-corrected chi connectivity index (χ2v) is 12.1. The van der Waals surface area contributed by atoms with Gasteiger partial charge in [-0.05, 0) is 45.4 Å². The van der Waals surface area contributed by atoms with Gasteiger partial charge in [0.05, 0.1) is 31.1 Å².